The van der Waals surface area contributed by atoms with E-state index in [2.05, 4.69) is 26.6 Å². The number of morpholine rings is 1. The minimum absolute atomic E-state index is 0.0657. The van der Waals surface area contributed by atoms with Crippen LogP contribution < -0.4 is 5.32 Å². The summed E-state index contributed by atoms with van der Waals surface area (Å²) in [6.45, 7) is 5.82. The topological polar surface area (TPSA) is 63.4 Å². The third kappa shape index (κ3) is 2.54. The maximum absolute atomic E-state index is 6.04. The first-order valence-electron chi connectivity index (χ1n) is 7.62. The number of benzene rings is 1. The Morgan fingerprint density at radius 3 is 2.95 bits per heavy atom. The quantitative estimate of drug-likeness (QED) is 0.895. The smallest absolute Gasteiger partial charge is 0.139 e. The lowest BCUT2D eigenvalue weighted by Gasteiger charge is -2.44. The first-order chi connectivity index (χ1) is 10.3. The fourth-order valence-corrected chi connectivity index (χ4v) is 3.38. The Morgan fingerprint density at radius 2 is 2.14 bits per heavy atom. The van der Waals surface area contributed by atoms with Gasteiger partial charge in [0.2, 0.25) is 0 Å². The number of hydrogen-bond donors (Lipinski definition) is 1. The molecule has 0 radical (unpaired) electrons. The molecule has 1 spiro atoms. The van der Waals surface area contributed by atoms with Crippen LogP contribution in [0, 0.1) is 0 Å². The molecule has 2 fully saturated rings. The van der Waals surface area contributed by atoms with Gasteiger partial charge in [-0.2, -0.15) is 0 Å². The van der Waals surface area contributed by atoms with Crippen LogP contribution in [-0.2, 0) is 11.3 Å². The van der Waals surface area contributed by atoms with Crippen LogP contribution in [0.4, 0.5) is 0 Å². The summed E-state index contributed by atoms with van der Waals surface area (Å²) in [5, 5.41) is 11.4. The van der Waals surface area contributed by atoms with E-state index in [0.29, 0.717) is 0 Å². The van der Waals surface area contributed by atoms with Gasteiger partial charge in [-0.3, -0.25) is 4.90 Å². The van der Waals surface area contributed by atoms with Gasteiger partial charge in [-0.1, -0.05) is 12.1 Å². The average molecular weight is 288 g/mol. The summed E-state index contributed by atoms with van der Waals surface area (Å²) in [6, 6.07) is 6.05. The van der Waals surface area contributed by atoms with Crippen molar-refractivity contribution < 1.29 is 9.37 Å². The van der Waals surface area contributed by atoms with Gasteiger partial charge in [0.15, 0.2) is 0 Å². The zero-order valence-electron chi connectivity index (χ0n) is 12.0. The van der Waals surface area contributed by atoms with Gasteiger partial charge in [0.05, 0.1) is 12.2 Å². The van der Waals surface area contributed by atoms with Gasteiger partial charge in [-0.05, 0) is 34.8 Å². The van der Waals surface area contributed by atoms with Crippen molar-refractivity contribution in [1.29, 1.82) is 0 Å². The highest BCUT2D eigenvalue weighted by atomic mass is 16.6. The molecule has 1 aromatic heterocycles. The number of rotatable bonds is 2. The van der Waals surface area contributed by atoms with Gasteiger partial charge in [-0.25, -0.2) is 4.63 Å². The molecule has 112 valence electrons. The summed E-state index contributed by atoms with van der Waals surface area (Å²) >= 11 is 0. The zero-order chi connectivity index (χ0) is 14.1. The second-order valence-electron chi connectivity index (χ2n) is 6.03. The number of likely N-dealkylation sites (tertiary alicyclic amines) is 1. The van der Waals surface area contributed by atoms with E-state index in [-0.39, 0.29) is 5.60 Å². The van der Waals surface area contributed by atoms with Gasteiger partial charge < -0.3 is 10.1 Å². The molecule has 2 aliphatic heterocycles. The molecule has 0 aliphatic carbocycles. The molecule has 1 N–H and O–H groups in total. The van der Waals surface area contributed by atoms with Crippen LogP contribution >= 0.6 is 0 Å². The van der Waals surface area contributed by atoms with Crippen LogP contribution in [0.3, 0.4) is 0 Å². The number of nitrogens with zero attached hydrogens (tertiary/aromatic N) is 3. The molecule has 2 aromatic rings. The van der Waals surface area contributed by atoms with Crippen molar-refractivity contribution in [3.05, 3.63) is 23.8 Å². The average Bonchev–Trinajstić information content (AvgIpc) is 3.00. The second-order valence-corrected chi connectivity index (χ2v) is 6.03. The number of fused-ring (bicyclic) bond motifs is 1. The van der Waals surface area contributed by atoms with Crippen molar-refractivity contribution >= 4 is 11.0 Å². The van der Waals surface area contributed by atoms with Crippen LogP contribution in [0.25, 0.3) is 11.0 Å². The van der Waals surface area contributed by atoms with E-state index < -0.39 is 0 Å². The van der Waals surface area contributed by atoms with Gasteiger partial charge >= 0.3 is 0 Å². The molecule has 3 heterocycles. The minimum Gasteiger partial charge on any atom is -0.372 e. The maximum Gasteiger partial charge on any atom is 0.139 e. The molecule has 0 atom stereocenters. The molecule has 21 heavy (non-hydrogen) atoms. The lowest BCUT2D eigenvalue weighted by atomic mass is 9.90. The fourth-order valence-electron chi connectivity index (χ4n) is 3.38. The second kappa shape index (κ2) is 5.36. The van der Waals surface area contributed by atoms with Crippen molar-refractivity contribution in [2.75, 3.05) is 32.8 Å². The highest BCUT2D eigenvalue weighted by Gasteiger charge is 2.36. The molecule has 4 rings (SSSR count). The number of aromatic nitrogens is 2. The number of piperidine rings is 1. The number of hydrogen-bond acceptors (Lipinski definition) is 6. The van der Waals surface area contributed by atoms with E-state index in [1.165, 1.54) is 5.56 Å². The molecule has 1 aromatic carbocycles. The normalized spacial score (nSPS) is 22.9. The van der Waals surface area contributed by atoms with Crippen LogP contribution in [-0.4, -0.2) is 53.6 Å². The third-order valence-corrected chi connectivity index (χ3v) is 4.67. The van der Waals surface area contributed by atoms with Crippen molar-refractivity contribution in [3.63, 3.8) is 0 Å². The molecular weight excluding hydrogens is 268 g/mol. The predicted molar refractivity (Wildman–Crippen MR) is 77.9 cm³/mol. The summed E-state index contributed by atoms with van der Waals surface area (Å²) in [4.78, 5) is 2.46. The Balaban J connectivity index is 1.44. The largest absolute Gasteiger partial charge is 0.372 e. The highest BCUT2D eigenvalue weighted by molar-refractivity contribution is 5.76. The molecule has 6 nitrogen and oxygen atoms in total. The standard InChI is InChI=1S/C15H20N4O2/c1-2-12(14-13(3-1)17-21-18-14)10-19-7-4-15(5-8-19)11-16-6-9-20-15/h1-3,16H,4-11H2. The van der Waals surface area contributed by atoms with Gasteiger partial charge in [0.1, 0.15) is 11.0 Å². The SMILES string of the molecule is c1cc(CN2CCC3(CC2)CNCCO3)c2nonc2c1. The molecule has 0 bridgehead atoms. The Hall–Kier alpha value is -1.50. The third-order valence-electron chi connectivity index (χ3n) is 4.67. The van der Waals surface area contributed by atoms with E-state index in [0.717, 1.165) is 63.2 Å². The Bertz CT molecular complexity index is 611. The highest BCUT2D eigenvalue weighted by Crippen LogP contribution is 2.28. The first-order valence-corrected chi connectivity index (χ1v) is 7.62. The summed E-state index contributed by atoms with van der Waals surface area (Å²) in [5.74, 6) is 0. The summed E-state index contributed by atoms with van der Waals surface area (Å²) < 4.78 is 10.9. The summed E-state index contributed by atoms with van der Waals surface area (Å²) in [5.41, 5.74) is 2.97. The molecular formula is C15H20N4O2. The minimum atomic E-state index is 0.0657. The number of ether oxygens (including phenoxy) is 1. The Kier molecular flexibility index (Phi) is 3.37. The Morgan fingerprint density at radius 1 is 1.24 bits per heavy atom. The van der Waals surface area contributed by atoms with Gasteiger partial charge in [-0.15, -0.1) is 0 Å². The van der Waals surface area contributed by atoms with E-state index in [4.69, 9.17) is 9.37 Å². The van der Waals surface area contributed by atoms with E-state index >= 15 is 0 Å². The van der Waals surface area contributed by atoms with E-state index in [1.54, 1.807) is 0 Å². The van der Waals surface area contributed by atoms with Gasteiger partial charge in [0, 0.05) is 32.7 Å². The van der Waals surface area contributed by atoms with Crippen molar-refractivity contribution in [1.82, 2.24) is 20.5 Å². The van der Waals surface area contributed by atoms with E-state index in [9.17, 15) is 0 Å². The monoisotopic (exact) mass is 288 g/mol. The van der Waals surface area contributed by atoms with Crippen molar-refractivity contribution in [2.45, 2.75) is 25.0 Å². The molecule has 2 aliphatic rings. The molecule has 6 heteroatoms. The predicted octanol–water partition coefficient (Wildman–Crippen LogP) is 1.18. The lowest BCUT2D eigenvalue weighted by Crippen LogP contribution is -2.55. The molecule has 2 saturated heterocycles. The number of nitrogens with one attached hydrogen (secondary N) is 1. The van der Waals surface area contributed by atoms with Crippen LogP contribution in [0.5, 0.6) is 0 Å². The van der Waals surface area contributed by atoms with Crippen LogP contribution in [0.1, 0.15) is 18.4 Å². The lowest BCUT2D eigenvalue weighted by molar-refractivity contribution is -0.100. The molecule has 0 unspecified atom stereocenters. The van der Waals surface area contributed by atoms with Crippen LogP contribution in [0.15, 0.2) is 22.8 Å². The maximum atomic E-state index is 6.04. The first kappa shape index (κ1) is 13.2. The zero-order valence-corrected chi connectivity index (χ0v) is 12.0. The Labute approximate surface area is 123 Å². The molecule has 0 amide bonds. The van der Waals surface area contributed by atoms with Crippen molar-refractivity contribution in [3.8, 4) is 0 Å². The summed E-state index contributed by atoms with van der Waals surface area (Å²) in [7, 11) is 0. The van der Waals surface area contributed by atoms with Crippen molar-refractivity contribution in [2.24, 2.45) is 0 Å². The molecule has 0 saturated carbocycles. The fraction of sp³-hybridized carbons (Fsp3) is 0.600. The van der Waals surface area contributed by atoms with Crippen LogP contribution in [0.2, 0.25) is 0 Å². The van der Waals surface area contributed by atoms with Gasteiger partial charge in [0.25, 0.3) is 0 Å². The summed E-state index contributed by atoms with van der Waals surface area (Å²) in [6.07, 6.45) is 2.18. The van der Waals surface area contributed by atoms with E-state index in [1.807, 2.05) is 12.1 Å².